The van der Waals surface area contributed by atoms with E-state index in [-0.39, 0.29) is 28.1 Å². The van der Waals surface area contributed by atoms with Crippen LogP contribution in [0.2, 0.25) is 0 Å². The van der Waals surface area contributed by atoms with E-state index in [1.165, 1.54) is 0 Å². The maximum absolute atomic E-state index is 12.7. The van der Waals surface area contributed by atoms with Crippen molar-refractivity contribution in [1.82, 2.24) is 15.1 Å². The number of rotatable bonds is 6. The van der Waals surface area contributed by atoms with Crippen molar-refractivity contribution in [1.29, 1.82) is 0 Å². The van der Waals surface area contributed by atoms with Gasteiger partial charge in [-0.15, -0.1) is 11.8 Å². The smallest absolute Gasteiger partial charge is 0.317 e. The summed E-state index contributed by atoms with van der Waals surface area (Å²) in [7, 11) is 1.64. The minimum Gasteiger partial charge on any atom is -0.497 e. The third-order valence-corrected chi connectivity index (χ3v) is 5.80. The number of thioether (sulfide) groups is 1. The van der Waals surface area contributed by atoms with Gasteiger partial charge >= 0.3 is 6.03 Å². The summed E-state index contributed by atoms with van der Waals surface area (Å²) in [6, 6.07) is 7.73. The van der Waals surface area contributed by atoms with E-state index >= 15 is 0 Å². The van der Waals surface area contributed by atoms with Gasteiger partial charge in [0.05, 0.1) is 12.4 Å². The average Bonchev–Trinajstić information content (AvgIpc) is 2.89. The first-order chi connectivity index (χ1) is 12.7. The van der Waals surface area contributed by atoms with Crippen molar-refractivity contribution in [3.05, 3.63) is 29.8 Å². The number of ether oxygens (including phenoxy) is 1. The summed E-state index contributed by atoms with van der Waals surface area (Å²) in [4.78, 5) is 28.8. The summed E-state index contributed by atoms with van der Waals surface area (Å²) in [5.74, 6) is 0.914. The highest BCUT2D eigenvalue weighted by Gasteiger charge is 2.38. The van der Waals surface area contributed by atoms with Crippen LogP contribution in [0.15, 0.2) is 24.3 Å². The Kier molecular flexibility index (Phi) is 7.03. The topological polar surface area (TPSA) is 61.9 Å². The van der Waals surface area contributed by atoms with Crippen LogP contribution in [0.5, 0.6) is 5.75 Å². The van der Waals surface area contributed by atoms with Crippen LogP contribution in [0, 0.1) is 0 Å². The number of urea groups is 1. The highest BCUT2D eigenvalue weighted by molar-refractivity contribution is 8.01. The minimum absolute atomic E-state index is 0.0391. The molecule has 1 N–H and O–H groups in total. The van der Waals surface area contributed by atoms with Crippen molar-refractivity contribution in [2.24, 2.45) is 0 Å². The molecule has 6 nitrogen and oxygen atoms in total. The molecule has 3 amide bonds. The van der Waals surface area contributed by atoms with Crippen molar-refractivity contribution in [3.8, 4) is 5.75 Å². The first-order valence-corrected chi connectivity index (χ1v) is 10.3. The van der Waals surface area contributed by atoms with E-state index in [1.54, 1.807) is 23.8 Å². The molecule has 1 saturated heterocycles. The van der Waals surface area contributed by atoms with Crippen LogP contribution in [0.4, 0.5) is 4.79 Å². The number of hydrogen-bond donors (Lipinski definition) is 1. The molecule has 0 saturated carbocycles. The molecule has 1 heterocycles. The molecule has 0 radical (unpaired) electrons. The lowest BCUT2D eigenvalue weighted by Gasteiger charge is -2.30. The Morgan fingerprint density at radius 1 is 1.30 bits per heavy atom. The number of carbonyl (C=O) groups excluding carboxylic acids is 2. The Balaban J connectivity index is 2.08. The van der Waals surface area contributed by atoms with E-state index in [4.69, 9.17) is 4.74 Å². The van der Waals surface area contributed by atoms with Crippen molar-refractivity contribution in [2.45, 2.75) is 50.8 Å². The van der Waals surface area contributed by atoms with Gasteiger partial charge in [0.1, 0.15) is 11.1 Å². The van der Waals surface area contributed by atoms with Gasteiger partial charge in [0.2, 0.25) is 5.91 Å². The van der Waals surface area contributed by atoms with Gasteiger partial charge in [-0.2, -0.15) is 0 Å². The quantitative estimate of drug-likeness (QED) is 0.804. The number of amides is 3. The van der Waals surface area contributed by atoms with Crippen molar-refractivity contribution >= 4 is 23.7 Å². The molecule has 0 unspecified atom stereocenters. The molecule has 1 aliphatic heterocycles. The molecular formula is C20H31N3O3S. The molecule has 0 bridgehead atoms. The fourth-order valence-corrected chi connectivity index (χ4v) is 4.27. The van der Waals surface area contributed by atoms with Crippen molar-refractivity contribution in [2.75, 3.05) is 26.7 Å². The van der Waals surface area contributed by atoms with Gasteiger partial charge in [0, 0.05) is 25.2 Å². The molecule has 2 atom stereocenters. The molecule has 2 rings (SSSR count). The second kappa shape index (κ2) is 8.87. The van der Waals surface area contributed by atoms with E-state index < -0.39 is 0 Å². The number of carbonyl (C=O) groups is 2. The molecule has 7 heteroatoms. The number of nitrogens with one attached hydrogen (secondary N) is 1. The van der Waals surface area contributed by atoms with Crippen LogP contribution in [0.3, 0.4) is 0 Å². The molecule has 150 valence electrons. The van der Waals surface area contributed by atoms with E-state index in [9.17, 15) is 9.59 Å². The highest BCUT2D eigenvalue weighted by atomic mass is 32.2. The monoisotopic (exact) mass is 393 g/mol. The molecule has 1 aliphatic rings. The molecule has 1 aromatic rings. The summed E-state index contributed by atoms with van der Waals surface area (Å²) in [6.07, 6.45) is 0. The van der Waals surface area contributed by atoms with Gasteiger partial charge in [0.15, 0.2) is 0 Å². The fraction of sp³-hybridized carbons (Fsp3) is 0.600. The molecule has 0 aliphatic carbocycles. The van der Waals surface area contributed by atoms with E-state index in [0.717, 1.165) is 11.3 Å². The molecule has 27 heavy (non-hydrogen) atoms. The van der Waals surface area contributed by atoms with Crippen molar-refractivity contribution < 1.29 is 14.3 Å². The third-order valence-electron chi connectivity index (χ3n) is 4.41. The Morgan fingerprint density at radius 2 is 1.93 bits per heavy atom. The second-order valence-corrected chi connectivity index (χ2v) is 9.12. The largest absolute Gasteiger partial charge is 0.497 e. The number of benzene rings is 1. The molecule has 0 aromatic heterocycles. The molecule has 1 fully saturated rings. The number of likely N-dealkylation sites (N-methyl/N-ethyl adjacent to an activating group) is 1. The first kappa shape index (κ1) is 21.4. The predicted octanol–water partition coefficient (Wildman–Crippen LogP) is 3.49. The predicted molar refractivity (Wildman–Crippen MR) is 110 cm³/mol. The maximum atomic E-state index is 12.7. The first-order valence-electron chi connectivity index (χ1n) is 9.33. The summed E-state index contributed by atoms with van der Waals surface area (Å²) < 4.78 is 5.22. The summed E-state index contributed by atoms with van der Waals surface area (Å²) in [5.41, 5.74) is 0.782. The third kappa shape index (κ3) is 5.54. The van der Waals surface area contributed by atoms with E-state index in [1.807, 2.05) is 63.8 Å². The normalized spacial score (nSPS) is 19.9. The van der Waals surface area contributed by atoms with E-state index in [2.05, 4.69) is 5.32 Å². The zero-order chi connectivity index (χ0) is 20.2. The van der Waals surface area contributed by atoms with Crippen LogP contribution in [0.1, 0.15) is 45.6 Å². The van der Waals surface area contributed by atoms with Gasteiger partial charge in [0.25, 0.3) is 0 Å². The summed E-state index contributed by atoms with van der Waals surface area (Å²) in [6.45, 7) is 11.4. The van der Waals surface area contributed by atoms with Gasteiger partial charge in [-0.25, -0.2) is 4.79 Å². The fourth-order valence-electron chi connectivity index (χ4n) is 2.96. The molecule has 0 spiro atoms. The van der Waals surface area contributed by atoms with Crippen molar-refractivity contribution in [3.63, 3.8) is 0 Å². The minimum atomic E-state index is -0.288. The lowest BCUT2D eigenvalue weighted by molar-refractivity contribution is -0.129. The number of hydrogen-bond acceptors (Lipinski definition) is 4. The lowest BCUT2D eigenvalue weighted by Crippen LogP contribution is -2.50. The average molecular weight is 394 g/mol. The summed E-state index contributed by atoms with van der Waals surface area (Å²) >= 11 is 1.64. The second-order valence-electron chi connectivity index (χ2n) is 7.70. The Bertz CT molecular complexity index is 657. The van der Waals surface area contributed by atoms with E-state index in [0.29, 0.717) is 19.6 Å². The van der Waals surface area contributed by atoms with Crippen LogP contribution in [0.25, 0.3) is 0 Å². The van der Waals surface area contributed by atoms with Gasteiger partial charge < -0.3 is 19.9 Å². The van der Waals surface area contributed by atoms with Gasteiger partial charge in [-0.3, -0.25) is 4.79 Å². The van der Waals surface area contributed by atoms with Gasteiger partial charge in [-0.05, 0) is 52.3 Å². The molecular weight excluding hydrogens is 362 g/mol. The Labute approximate surface area is 166 Å². The Hall–Kier alpha value is -1.89. The van der Waals surface area contributed by atoms with Crippen LogP contribution in [-0.4, -0.2) is 59.3 Å². The van der Waals surface area contributed by atoms with Crippen LogP contribution in [-0.2, 0) is 4.79 Å². The number of nitrogens with zero attached hydrogens (tertiary/aromatic N) is 2. The van der Waals surface area contributed by atoms with Gasteiger partial charge in [-0.1, -0.05) is 12.1 Å². The standard InChI is InChI=1S/C20H31N3O3S/c1-7-22(19(25)21-20(3,4)5)12-13-23-17(24)14(2)27-18(23)15-8-10-16(26-6)11-9-15/h8-11,14,18H,7,12-13H2,1-6H3,(H,21,25)/t14-,18+/m1/s1. The lowest BCUT2D eigenvalue weighted by atomic mass is 10.1. The zero-order valence-electron chi connectivity index (χ0n) is 17.1. The highest BCUT2D eigenvalue weighted by Crippen LogP contribution is 2.42. The van der Waals surface area contributed by atoms with Crippen LogP contribution < -0.4 is 10.1 Å². The molecule has 1 aromatic carbocycles. The zero-order valence-corrected chi connectivity index (χ0v) is 17.9. The summed E-state index contributed by atoms with van der Waals surface area (Å²) in [5, 5.41) is 2.86. The van der Waals surface area contributed by atoms with Crippen LogP contribution >= 0.6 is 11.8 Å². The Morgan fingerprint density at radius 3 is 2.44 bits per heavy atom. The SMILES string of the molecule is CCN(CCN1C(=O)[C@@H](C)S[C@H]1c1ccc(OC)cc1)C(=O)NC(C)(C)C. The number of methoxy groups -OCH3 is 1. The maximum Gasteiger partial charge on any atom is 0.317 e.